The van der Waals surface area contributed by atoms with Gasteiger partial charge >= 0.3 is 11.9 Å². The molecular formula is C23H28N2O6. The van der Waals surface area contributed by atoms with Crippen molar-refractivity contribution in [3.8, 4) is 11.5 Å². The van der Waals surface area contributed by atoms with E-state index in [1.807, 2.05) is 30.3 Å². The molecule has 0 aliphatic carbocycles. The Morgan fingerprint density at radius 2 is 1.68 bits per heavy atom. The molecule has 0 fully saturated rings. The van der Waals surface area contributed by atoms with Gasteiger partial charge in [0.25, 0.3) is 5.91 Å². The smallest absolute Gasteiger partial charge is 0.328 e. The summed E-state index contributed by atoms with van der Waals surface area (Å²) in [5.74, 6) is -2.14. The first-order valence-corrected chi connectivity index (χ1v) is 10.0. The molecule has 0 unspecified atom stereocenters. The van der Waals surface area contributed by atoms with E-state index in [0.717, 1.165) is 5.56 Å². The van der Waals surface area contributed by atoms with Crippen LogP contribution in [0.25, 0.3) is 0 Å². The van der Waals surface area contributed by atoms with Crippen molar-refractivity contribution in [2.24, 2.45) is 5.92 Å². The molecule has 0 saturated heterocycles. The van der Waals surface area contributed by atoms with Gasteiger partial charge in [0.2, 0.25) is 5.75 Å². The Labute approximate surface area is 181 Å². The zero-order valence-corrected chi connectivity index (χ0v) is 18.4. The van der Waals surface area contributed by atoms with Crippen LogP contribution in [0.3, 0.4) is 0 Å². The third kappa shape index (κ3) is 6.80. The van der Waals surface area contributed by atoms with Crippen LogP contribution in [0.4, 0.5) is 0 Å². The van der Waals surface area contributed by atoms with Crippen LogP contribution in [-0.2, 0) is 20.7 Å². The molecule has 0 aliphatic heterocycles. The molecule has 0 bridgehead atoms. The highest BCUT2D eigenvalue weighted by molar-refractivity contribution is 5.98. The summed E-state index contributed by atoms with van der Waals surface area (Å²) < 4.78 is 15.9. The summed E-state index contributed by atoms with van der Waals surface area (Å²) in [6.07, 6.45) is 1.54. The lowest BCUT2D eigenvalue weighted by atomic mass is 10.1. The van der Waals surface area contributed by atoms with Gasteiger partial charge in [0, 0.05) is 18.7 Å². The highest BCUT2D eigenvalue weighted by Crippen LogP contribution is 2.30. The van der Waals surface area contributed by atoms with Crippen molar-refractivity contribution in [2.75, 3.05) is 7.11 Å². The Kier molecular flexibility index (Phi) is 8.54. The van der Waals surface area contributed by atoms with E-state index in [9.17, 15) is 14.4 Å². The van der Waals surface area contributed by atoms with Gasteiger partial charge in [-0.2, -0.15) is 0 Å². The third-order valence-electron chi connectivity index (χ3n) is 4.36. The Morgan fingerprint density at radius 3 is 2.29 bits per heavy atom. The van der Waals surface area contributed by atoms with Gasteiger partial charge in [-0.3, -0.25) is 9.59 Å². The molecule has 166 valence electrons. The minimum Gasteiger partial charge on any atom is -0.493 e. The van der Waals surface area contributed by atoms with E-state index >= 15 is 0 Å². The number of carbonyl (C=O) groups is 3. The van der Waals surface area contributed by atoms with Crippen molar-refractivity contribution in [2.45, 2.75) is 46.3 Å². The predicted molar refractivity (Wildman–Crippen MR) is 114 cm³/mol. The molecule has 31 heavy (non-hydrogen) atoms. The van der Waals surface area contributed by atoms with E-state index in [1.54, 1.807) is 20.8 Å². The van der Waals surface area contributed by atoms with Gasteiger partial charge in [0.1, 0.15) is 12.1 Å². The number of amides is 1. The first-order valence-electron chi connectivity index (χ1n) is 10.0. The fourth-order valence-corrected chi connectivity index (χ4v) is 2.68. The zero-order chi connectivity index (χ0) is 23.0. The minimum atomic E-state index is -0.938. The molecular weight excluding hydrogens is 400 g/mol. The van der Waals surface area contributed by atoms with E-state index in [-0.39, 0.29) is 23.3 Å². The van der Waals surface area contributed by atoms with Crippen LogP contribution in [0.2, 0.25) is 0 Å². The van der Waals surface area contributed by atoms with Crippen molar-refractivity contribution >= 4 is 17.8 Å². The number of hydrogen-bond acceptors (Lipinski definition) is 7. The number of aromatic nitrogens is 1. The van der Waals surface area contributed by atoms with Crippen LogP contribution in [-0.4, -0.2) is 42.1 Å². The first-order chi connectivity index (χ1) is 14.7. The largest absolute Gasteiger partial charge is 0.493 e. The Bertz CT molecular complexity index is 914. The number of ether oxygens (including phenoxy) is 3. The Hall–Kier alpha value is -3.42. The summed E-state index contributed by atoms with van der Waals surface area (Å²) in [5.41, 5.74) is 0.877. The van der Waals surface area contributed by atoms with Crippen molar-refractivity contribution in [3.05, 3.63) is 53.9 Å². The number of methoxy groups -OCH3 is 1. The normalized spacial score (nSPS) is 12.6. The lowest BCUT2D eigenvalue weighted by molar-refractivity contribution is -0.150. The lowest BCUT2D eigenvalue weighted by Gasteiger charge is -2.19. The molecule has 0 radical (unpaired) electrons. The third-order valence-corrected chi connectivity index (χ3v) is 4.36. The van der Waals surface area contributed by atoms with Gasteiger partial charge in [-0.15, -0.1) is 0 Å². The van der Waals surface area contributed by atoms with Gasteiger partial charge < -0.3 is 19.5 Å². The molecule has 1 aromatic heterocycles. The van der Waals surface area contributed by atoms with Gasteiger partial charge in [-0.1, -0.05) is 44.2 Å². The maximum atomic E-state index is 12.7. The molecule has 2 aromatic rings. The lowest BCUT2D eigenvalue weighted by Crippen LogP contribution is -2.41. The van der Waals surface area contributed by atoms with E-state index < -0.39 is 29.8 Å². The standard InChI is InChI=1S/C23H28N2O6/c1-14(2)22(27)31-20-18(29-5)11-12-24-19(20)21(26)25-16(4)23(28)30-15(3)13-17-9-7-6-8-10-17/h6-12,14-16H,13H2,1-5H3,(H,25,26)/t15-,16-/m0/s1. The number of esters is 2. The highest BCUT2D eigenvalue weighted by Gasteiger charge is 2.26. The molecule has 1 amide bonds. The van der Waals surface area contributed by atoms with Crippen LogP contribution in [0.15, 0.2) is 42.6 Å². The molecule has 0 spiro atoms. The topological polar surface area (TPSA) is 104 Å². The number of rotatable bonds is 9. The second-order valence-corrected chi connectivity index (χ2v) is 7.40. The molecule has 1 aromatic carbocycles. The minimum absolute atomic E-state index is 0.0980. The quantitative estimate of drug-likeness (QED) is 0.613. The van der Waals surface area contributed by atoms with E-state index in [4.69, 9.17) is 14.2 Å². The molecule has 8 heteroatoms. The van der Waals surface area contributed by atoms with E-state index in [0.29, 0.717) is 6.42 Å². The van der Waals surface area contributed by atoms with Crippen molar-refractivity contribution in [1.82, 2.24) is 10.3 Å². The molecule has 1 heterocycles. The molecule has 0 saturated carbocycles. The molecule has 1 N–H and O–H groups in total. The number of hydrogen-bond donors (Lipinski definition) is 1. The fourth-order valence-electron chi connectivity index (χ4n) is 2.68. The van der Waals surface area contributed by atoms with Gasteiger partial charge in [0.05, 0.1) is 13.0 Å². The average Bonchev–Trinajstić information content (AvgIpc) is 2.74. The van der Waals surface area contributed by atoms with Crippen LogP contribution in [0.5, 0.6) is 11.5 Å². The van der Waals surface area contributed by atoms with Crippen LogP contribution in [0.1, 0.15) is 43.7 Å². The summed E-state index contributed by atoms with van der Waals surface area (Å²) in [5, 5.41) is 2.54. The van der Waals surface area contributed by atoms with Crippen molar-refractivity contribution in [3.63, 3.8) is 0 Å². The maximum Gasteiger partial charge on any atom is 0.328 e. The molecule has 2 atom stereocenters. The zero-order valence-electron chi connectivity index (χ0n) is 18.4. The number of carbonyl (C=O) groups excluding carboxylic acids is 3. The first kappa shape index (κ1) is 23.9. The summed E-state index contributed by atoms with van der Waals surface area (Å²) in [6, 6.07) is 10.2. The highest BCUT2D eigenvalue weighted by atomic mass is 16.6. The second kappa shape index (κ2) is 11.1. The van der Waals surface area contributed by atoms with E-state index in [2.05, 4.69) is 10.3 Å². The van der Waals surface area contributed by atoms with Gasteiger partial charge in [-0.25, -0.2) is 9.78 Å². The van der Waals surface area contributed by atoms with Gasteiger partial charge in [0.15, 0.2) is 11.4 Å². The summed E-state index contributed by atoms with van der Waals surface area (Å²) in [7, 11) is 1.39. The second-order valence-electron chi connectivity index (χ2n) is 7.40. The van der Waals surface area contributed by atoms with E-state index in [1.165, 1.54) is 26.3 Å². The molecule has 0 aliphatic rings. The van der Waals surface area contributed by atoms with Crippen molar-refractivity contribution in [1.29, 1.82) is 0 Å². The summed E-state index contributed by atoms with van der Waals surface area (Å²) >= 11 is 0. The van der Waals surface area contributed by atoms with Crippen LogP contribution < -0.4 is 14.8 Å². The Morgan fingerprint density at radius 1 is 1.00 bits per heavy atom. The van der Waals surface area contributed by atoms with Crippen LogP contribution in [0, 0.1) is 5.92 Å². The number of nitrogens with one attached hydrogen (secondary N) is 1. The monoisotopic (exact) mass is 428 g/mol. The van der Waals surface area contributed by atoms with Gasteiger partial charge in [-0.05, 0) is 19.4 Å². The summed E-state index contributed by atoms with van der Waals surface area (Å²) in [6.45, 7) is 6.63. The molecule has 8 nitrogen and oxygen atoms in total. The maximum absolute atomic E-state index is 12.7. The SMILES string of the molecule is COc1ccnc(C(=O)N[C@@H](C)C(=O)O[C@@H](C)Cc2ccccc2)c1OC(=O)C(C)C. The Balaban J connectivity index is 2.06. The number of pyridine rings is 1. The number of benzene rings is 1. The number of nitrogens with zero attached hydrogens (tertiary/aromatic N) is 1. The predicted octanol–water partition coefficient (Wildman–Crippen LogP) is 2.94. The molecule has 2 rings (SSSR count). The van der Waals surface area contributed by atoms with Crippen molar-refractivity contribution < 1.29 is 28.6 Å². The summed E-state index contributed by atoms with van der Waals surface area (Å²) in [4.78, 5) is 41.2. The van der Waals surface area contributed by atoms with Crippen LogP contribution >= 0.6 is 0 Å². The average molecular weight is 428 g/mol. The fraction of sp³-hybridized carbons (Fsp3) is 0.391.